The molecule has 0 radical (unpaired) electrons. The van der Waals surface area contributed by atoms with Gasteiger partial charge >= 0.3 is 18.2 Å². The van der Waals surface area contributed by atoms with Crippen LogP contribution in [0.25, 0.3) is 0 Å². The van der Waals surface area contributed by atoms with Crippen molar-refractivity contribution in [2.24, 2.45) is 0 Å². The van der Waals surface area contributed by atoms with E-state index in [1.54, 1.807) is 13.8 Å². The molecule has 0 unspecified atom stereocenters. The van der Waals surface area contributed by atoms with E-state index in [0.29, 0.717) is 10.0 Å². The summed E-state index contributed by atoms with van der Waals surface area (Å²) >= 11 is 5.74. The van der Waals surface area contributed by atoms with Gasteiger partial charge in [0.1, 0.15) is 11.4 Å². The number of benzene rings is 1. The maximum absolute atomic E-state index is 12.1. The molecule has 0 bridgehead atoms. The fourth-order valence-electron chi connectivity index (χ4n) is 1.43. The van der Waals surface area contributed by atoms with Gasteiger partial charge in [0.05, 0.1) is 13.2 Å². The van der Waals surface area contributed by atoms with E-state index >= 15 is 0 Å². The molecule has 1 aromatic carbocycles. The Hall–Kier alpha value is -2.74. The number of hydrazine groups is 1. The van der Waals surface area contributed by atoms with Crippen LogP contribution in [0, 0.1) is 0 Å². The third-order valence-corrected chi connectivity index (χ3v) is 2.71. The first kappa shape index (κ1) is 19.3. The molecule has 0 saturated carbocycles. The summed E-state index contributed by atoms with van der Waals surface area (Å²) in [7, 11) is 0. The molecule has 9 heteroatoms. The molecule has 0 spiro atoms. The molecule has 0 aliphatic carbocycles. The number of esters is 1. The third-order valence-electron chi connectivity index (χ3n) is 2.46. The Kier molecular flexibility index (Phi) is 7.57. The van der Waals surface area contributed by atoms with Crippen molar-refractivity contribution in [3.05, 3.63) is 41.6 Å². The van der Waals surface area contributed by atoms with Crippen molar-refractivity contribution in [2.45, 2.75) is 13.8 Å². The van der Waals surface area contributed by atoms with E-state index in [9.17, 15) is 14.4 Å². The van der Waals surface area contributed by atoms with E-state index in [1.807, 2.05) is 0 Å². The topological polar surface area (TPSA) is 94.2 Å². The maximum Gasteiger partial charge on any atom is 0.433 e. The van der Waals surface area contributed by atoms with Gasteiger partial charge in [-0.3, -0.25) is 0 Å². The summed E-state index contributed by atoms with van der Waals surface area (Å²) in [5.41, 5.74) is 1.59. The molecule has 0 aliphatic rings. The molecule has 0 atom stereocenters. The van der Waals surface area contributed by atoms with Crippen LogP contribution in [0.2, 0.25) is 5.02 Å². The highest BCUT2D eigenvalue weighted by Gasteiger charge is 2.27. The largest absolute Gasteiger partial charge is 0.449 e. The van der Waals surface area contributed by atoms with Gasteiger partial charge in [-0.15, -0.1) is 0 Å². The van der Waals surface area contributed by atoms with Crippen LogP contribution in [0.1, 0.15) is 13.8 Å². The minimum Gasteiger partial charge on any atom is -0.449 e. The van der Waals surface area contributed by atoms with E-state index in [1.165, 1.54) is 24.3 Å². The molecular formula is C15H17ClN2O6. The van der Waals surface area contributed by atoms with Crippen molar-refractivity contribution < 1.29 is 28.6 Å². The summed E-state index contributed by atoms with van der Waals surface area (Å²) in [5, 5.41) is 0.977. The molecule has 0 fully saturated rings. The average molecular weight is 357 g/mol. The smallest absolute Gasteiger partial charge is 0.433 e. The van der Waals surface area contributed by atoms with Gasteiger partial charge in [-0.25, -0.2) is 19.8 Å². The summed E-state index contributed by atoms with van der Waals surface area (Å²) in [6.45, 7) is 6.69. The number of hydrogen-bond donors (Lipinski definition) is 1. The molecule has 130 valence electrons. The van der Waals surface area contributed by atoms with Gasteiger partial charge in [-0.1, -0.05) is 18.2 Å². The Morgan fingerprint density at radius 1 is 1.12 bits per heavy atom. The normalized spacial score (nSPS) is 9.62. The zero-order chi connectivity index (χ0) is 18.1. The second-order valence-electron chi connectivity index (χ2n) is 4.16. The quantitative estimate of drug-likeness (QED) is 0.377. The number of ether oxygens (including phenoxy) is 3. The molecule has 0 aromatic heterocycles. The highest BCUT2D eigenvalue weighted by atomic mass is 35.5. The van der Waals surface area contributed by atoms with Crippen molar-refractivity contribution in [2.75, 3.05) is 13.2 Å². The van der Waals surface area contributed by atoms with Crippen LogP contribution in [0.4, 0.5) is 9.59 Å². The van der Waals surface area contributed by atoms with Crippen LogP contribution < -0.4 is 10.2 Å². The van der Waals surface area contributed by atoms with Crippen molar-refractivity contribution in [3.63, 3.8) is 0 Å². The maximum atomic E-state index is 12.1. The van der Waals surface area contributed by atoms with Crippen LogP contribution in [0.15, 0.2) is 36.5 Å². The summed E-state index contributed by atoms with van der Waals surface area (Å²) in [6.07, 6.45) is -1.96. The zero-order valence-electron chi connectivity index (χ0n) is 13.2. The number of halogens is 1. The standard InChI is InChI=1S/C15H17ClN2O6/c1-4-22-14(20)17-18(15(21)23-5-2)10(3)13(19)24-12-8-6-11(16)7-9-12/h6-9H,3-5H2,1-2H3,(H,17,20). The van der Waals surface area contributed by atoms with Gasteiger partial charge in [0.25, 0.3) is 0 Å². The van der Waals surface area contributed by atoms with Crippen LogP contribution in [0.5, 0.6) is 5.75 Å². The van der Waals surface area contributed by atoms with Gasteiger partial charge in [0, 0.05) is 5.02 Å². The number of nitrogens with one attached hydrogen (secondary N) is 1. The second kappa shape index (κ2) is 9.41. The number of nitrogens with zero attached hydrogens (tertiary/aromatic N) is 1. The Balaban J connectivity index is 2.84. The van der Waals surface area contributed by atoms with Gasteiger partial charge in [0.15, 0.2) is 0 Å². The first-order valence-electron chi connectivity index (χ1n) is 6.96. The van der Waals surface area contributed by atoms with Gasteiger partial charge in [-0.05, 0) is 38.1 Å². The van der Waals surface area contributed by atoms with Crippen LogP contribution >= 0.6 is 11.6 Å². The minimum absolute atomic E-state index is 0.0271. The molecule has 8 nitrogen and oxygen atoms in total. The fraction of sp³-hybridized carbons (Fsp3) is 0.267. The highest BCUT2D eigenvalue weighted by Crippen LogP contribution is 2.17. The van der Waals surface area contributed by atoms with Crippen molar-refractivity contribution in [3.8, 4) is 5.75 Å². The van der Waals surface area contributed by atoms with Gasteiger partial charge < -0.3 is 14.2 Å². The first-order valence-corrected chi connectivity index (χ1v) is 7.33. The Morgan fingerprint density at radius 2 is 1.71 bits per heavy atom. The van der Waals surface area contributed by atoms with E-state index in [-0.39, 0.29) is 19.0 Å². The number of amides is 2. The van der Waals surface area contributed by atoms with E-state index in [2.05, 4.69) is 16.7 Å². The van der Waals surface area contributed by atoms with Crippen molar-refractivity contribution in [1.29, 1.82) is 0 Å². The summed E-state index contributed by atoms with van der Waals surface area (Å²) in [4.78, 5) is 35.5. The molecule has 2 amide bonds. The SMILES string of the molecule is C=C(C(=O)Oc1ccc(Cl)cc1)N(NC(=O)OCC)C(=O)OCC. The number of rotatable bonds is 5. The van der Waals surface area contributed by atoms with Gasteiger partial charge in [0.2, 0.25) is 0 Å². The van der Waals surface area contributed by atoms with Crippen LogP contribution in [-0.4, -0.2) is 36.4 Å². The predicted molar refractivity (Wildman–Crippen MR) is 85.2 cm³/mol. The van der Waals surface area contributed by atoms with Gasteiger partial charge in [-0.2, -0.15) is 5.01 Å². The summed E-state index contributed by atoms with van der Waals surface area (Å²) in [5.74, 6) is -0.785. The van der Waals surface area contributed by atoms with E-state index < -0.39 is 23.9 Å². The third kappa shape index (κ3) is 5.81. The van der Waals surface area contributed by atoms with E-state index in [0.717, 1.165) is 0 Å². The number of carbonyl (C=O) groups excluding carboxylic acids is 3. The first-order chi connectivity index (χ1) is 11.4. The lowest BCUT2D eigenvalue weighted by atomic mass is 10.3. The van der Waals surface area contributed by atoms with Crippen LogP contribution in [0.3, 0.4) is 0 Å². The average Bonchev–Trinajstić information content (AvgIpc) is 2.54. The predicted octanol–water partition coefficient (Wildman–Crippen LogP) is 2.88. The molecule has 1 rings (SSSR count). The molecule has 0 saturated heterocycles. The lowest BCUT2D eigenvalue weighted by Crippen LogP contribution is -2.48. The molecule has 1 aromatic rings. The van der Waals surface area contributed by atoms with Crippen molar-refractivity contribution in [1.82, 2.24) is 10.4 Å². The molecule has 0 aliphatic heterocycles. The number of hydrogen-bond acceptors (Lipinski definition) is 6. The summed E-state index contributed by atoms with van der Waals surface area (Å²) < 4.78 is 14.4. The lowest BCUT2D eigenvalue weighted by Gasteiger charge is -2.22. The molecular weight excluding hydrogens is 340 g/mol. The summed E-state index contributed by atoms with van der Waals surface area (Å²) in [6, 6.07) is 5.96. The van der Waals surface area contributed by atoms with Crippen molar-refractivity contribution >= 4 is 29.8 Å². The Bertz CT molecular complexity index is 617. The lowest BCUT2D eigenvalue weighted by molar-refractivity contribution is -0.132. The molecule has 24 heavy (non-hydrogen) atoms. The zero-order valence-corrected chi connectivity index (χ0v) is 14.0. The molecule has 1 N–H and O–H groups in total. The van der Waals surface area contributed by atoms with Crippen LogP contribution in [-0.2, 0) is 14.3 Å². The van der Waals surface area contributed by atoms with E-state index in [4.69, 9.17) is 21.1 Å². The fourth-order valence-corrected chi connectivity index (χ4v) is 1.55. The Morgan fingerprint density at radius 3 is 2.25 bits per heavy atom. The second-order valence-corrected chi connectivity index (χ2v) is 4.59. The minimum atomic E-state index is -1.01. The highest BCUT2D eigenvalue weighted by molar-refractivity contribution is 6.30. The monoisotopic (exact) mass is 356 g/mol. The number of carbonyl (C=O) groups is 3. The Labute approximate surface area is 143 Å². The molecule has 0 heterocycles.